The monoisotopic (exact) mass is 402 g/mol. The number of aryl methyl sites for hydroxylation is 2. The van der Waals surface area contributed by atoms with Crippen LogP contribution in [0.15, 0.2) is 48.5 Å². The van der Waals surface area contributed by atoms with Crippen LogP contribution in [0.2, 0.25) is 0 Å². The molecule has 0 fully saturated rings. The summed E-state index contributed by atoms with van der Waals surface area (Å²) < 4.78 is 0. The maximum absolute atomic E-state index is 2.20. The van der Waals surface area contributed by atoms with Crippen molar-refractivity contribution < 1.29 is 52.8 Å². The molecule has 0 amide bonds. The van der Waals surface area contributed by atoms with Crippen molar-refractivity contribution in [2.24, 2.45) is 0 Å². The molecule has 92 valence electrons. The Kier molecular flexibility index (Phi) is 17.1. The molecule has 5 heteroatoms. The molecule has 0 radical (unpaired) electrons. The first-order valence-electron chi connectivity index (χ1n) is 5.10. The zero-order chi connectivity index (χ0) is 10.7. The molecule has 2 rings (SSSR count). The summed E-state index contributed by atoms with van der Waals surface area (Å²) in [4.78, 5) is 0. The van der Waals surface area contributed by atoms with Crippen LogP contribution in [0.1, 0.15) is 11.1 Å². The second-order valence-electron chi connectivity index (χ2n) is 3.68. The summed E-state index contributed by atoms with van der Waals surface area (Å²) >= 11 is 0. The minimum atomic E-state index is 0. The Morgan fingerprint density at radius 2 is 1.00 bits per heavy atom. The van der Waals surface area contributed by atoms with E-state index in [1.165, 1.54) is 30.3 Å². The summed E-state index contributed by atoms with van der Waals surface area (Å²) in [5.41, 5.74) is 2.73. The molecule has 2 aromatic carbocycles. The molecule has 2 aromatic rings. The standard InChI is InChI=1S/C14H14P.2BrH.Li.Mg/c1-11-7-3-5-9-13(11)15-14-10-6-4-8-12(14)2;;;;/h3-10H,1-2H3;2*1H;;/q-1;;;+1;+2/p-2. The van der Waals surface area contributed by atoms with Crippen LogP contribution in [-0.2, 0) is 0 Å². The number of rotatable bonds is 2. The average Bonchev–Trinajstić information content (AvgIpc) is 2.24. The van der Waals surface area contributed by atoms with Crippen LogP contribution in [0.5, 0.6) is 0 Å². The molecule has 0 nitrogen and oxygen atoms in total. The van der Waals surface area contributed by atoms with Gasteiger partial charge in [-0.1, -0.05) is 59.7 Å². The van der Waals surface area contributed by atoms with Crippen LogP contribution in [0.3, 0.4) is 0 Å². The minimum absolute atomic E-state index is 0. The smallest absolute Gasteiger partial charge is 1.00 e. The van der Waals surface area contributed by atoms with Crippen LogP contribution in [-0.4, -0.2) is 23.1 Å². The number of benzene rings is 2. The second-order valence-corrected chi connectivity index (χ2v) is 4.87. The normalized spacial score (nSPS) is 8.11. The Morgan fingerprint density at radius 1 is 0.684 bits per heavy atom. The van der Waals surface area contributed by atoms with Gasteiger partial charge in [-0.2, -0.15) is 10.6 Å². The van der Waals surface area contributed by atoms with Gasteiger partial charge in [0.15, 0.2) is 0 Å². The summed E-state index contributed by atoms with van der Waals surface area (Å²) in [6.07, 6.45) is 0. The van der Waals surface area contributed by atoms with Crippen LogP contribution in [0.4, 0.5) is 0 Å². The van der Waals surface area contributed by atoms with Gasteiger partial charge in [0, 0.05) is 0 Å². The molecule has 0 N–H and O–H groups in total. The van der Waals surface area contributed by atoms with Crippen LogP contribution in [0.25, 0.3) is 0 Å². The molecule has 0 saturated heterocycles. The molecule has 19 heavy (non-hydrogen) atoms. The third-order valence-electron chi connectivity index (χ3n) is 2.47. The van der Waals surface area contributed by atoms with E-state index in [1.807, 2.05) is 0 Å². The third-order valence-corrected chi connectivity index (χ3v) is 3.96. The molecular formula is C14H14Br2LiMgP. The molecule has 0 spiro atoms. The fourth-order valence-electron chi connectivity index (χ4n) is 1.51. The van der Waals surface area contributed by atoms with E-state index in [-0.39, 0.29) is 75.9 Å². The van der Waals surface area contributed by atoms with Crippen molar-refractivity contribution in [1.29, 1.82) is 0 Å². The molecular weight excluding hydrogens is 390 g/mol. The first-order chi connectivity index (χ1) is 7.27. The van der Waals surface area contributed by atoms with Crippen LogP contribution in [0, 0.1) is 13.8 Å². The van der Waals surface area contributed by atoms with Crippen molar-refractivity contribution in [2.45, 2.75) is 13.8 Å². The molecule has 0 aliphatic heterocycles. The topological polar surface area (TPSA) is 0 Å². The molecule has 0 aliphatic rings. The third kappa shape index (κ3) is 7.67. The summed E-state index contributed by atoms with van der Waals surface area (Å²) in [5.74, 6) is 0. The largest absolute Gasteiger partial charge is 2.00 e. The quantitative estimate of drug-likeness (QED) is 0.346. The minimum Gasteiger partial charge on any atom is -1.00 e. The van der Waals surface area contributed by atoms with E-state index < -0.39 is 0 Å². The Hall–Kier alpha value is 1.19. The molecule has 0 saturated carbocycles. The van der Waals surface area contributed by atoms with E-state index in [0.29, 0.717) is 0 Å². The zero-order valence-electron chi connectivity index (χ0n) is 11.5. The first-order valence-corrected chi connectivity index (χ1v) is 6.00. The summed E-state index contributed by atoms with van der Waals surface area (Å²) in [7, 11) is 1.31. The SMILES string of the molecule is Cc1ccccc1[P-]c1ccccc1C.[Br-].[Br-].[Li+].[Mg+2]. The Labute approximate surface area is 167 Å². The molecule has 0 heterocycles. The maximum Gasteiger partial charge on any atom is 2.00 e. The molecule has 0 atom stereocenters. The zero-order valence-corrected chi connectivity index (χ0v) is 17.0. The predicted molar refractivity (Wildman–Crippen MR) is 74.3 cm³/mol. The number of hydrogen-bond acceptors (Lipinski definition) is 0. The van der Waals surface area contributed by atoms with Gasteiger partial charge in [0.05, 0.1) is 0 Å². The van der Waals surface area contributed by atoms with Gasteiger partial charge in [-0.15, -0.1) is 0 Å². The number of halogens is 2. The van der Waals surface area contributed by atoms with Gasteiger partial charge in [0.25, 0.3) is 0 Å². The van der Waals surface area contributed by atoms with Crippen LogP contribution >= 0.6 is 8.58 Å². The predicted octanol–water partition coefficient (Wildman–Crippen LogP) is -6.17. The van der Waals surface area contributed by atoms with Gasteiger partial charge in [0.1, 0.15) is 0 Å². The van der Waals surface area contributed by atoms with Gasteiger partial charge in [-0.3, -0.25) is 0 Å². The summed E-state index contributed by atoms with van der Waals surface area (Å²) in [6, 6.07) is 17.1. The van der Waals surface area contributed by atoms with E-state index in [1.54, 1.807) is 0 Å². The Morgan fingerprint density at radius 3 is 1.32 bits per heavy atom. The van der Waals surface area contributed by atoms with E-state index in [9.17, 15) is 0 Å². The number of hydrogen-bond donors (Lipinski definition) is 0. The van der Waals surface area contributed by atoms with Gasteiger partial charge >= 0.3 is 41.9 Å². The van der Waals surface area contributed by atoms with Gasteiger partial charge < -0.3 is 42.5 Å². The van der Waals surface area contributed by atoms with E-state index in [4.69, 9.17) is 0 Å². The Bertz CT molecular complexity index is 437. The molecule has 0 aromatic heterocycles. The van der Waals surface area contributed by atoms with Gasteiger partial charge in [-0.05, 0) is 13.8 Å². The summed E-state index contributed by atoms with van der Waals surface area (Å²) in [6.45, 7) is 4.33. The van der Waals surface area contributed by atoms with Gasteiger partial charge in [0.2, 0.25) is 0 Å². The fourth-order valence-corrected chi connectivity index (χ4v) is 2.59. The van der Waals surface area contributed by atoms with Crippen LogP contribution < -0.4 is 63.4 Å². The molecule has 0 bridgehead atoms. The van der Waals surface area contributed by atoms with Crippen molar-refractivity contribution in [3.8, 4) is 0 Å². The van der Waals surface area contributed by atoms with Crippen molar-refractivity contribution in [3.05, 3.63) is 59.7 Å². The first kappa shape index (κ1) is 25.2. The molecule has 0 unspecified atom stereocenters. The van der Waals surface area contributed by atoms with Crippen molar-refractivity contribution >= 4 is 42.2 Å². The van der Waals surface area contributed by atoms with Crippen molar-refractivity contribution in [3.63, 3.8) is 0 Å². The Balaban J connectivity index is -0.000000640. The van der Waals surface area contributed by atoms with E-state index >= 15 is 0 Å². The van der Waals surface area contributed by atoms with Crippen molar-refractivity contribution in [1.82, 2.24) is 0 Å². The maximum atomic E-state index is 2.20. The summed E-state index contributed by atoms with van der Waals surface area (Å²) in [5, 5.41) is 2.79. The van der Waals surface area contributed by atoms with E-state index in [2.05, 4.69) is 62.4 Å². The second kappa shape index (κ2) is 12.9. The fraction of sp³-hybridized carbons (Fsp3) is 0.143. The van der Waals surface area contributed by atoms with Crippen molar-refractivity contribution in [2.75, 3.05) is 0 Å². The van der Waals surface area contributed by atoms with Gasteiger partial charge in [-0.25, -0.2) is 0 Å². The van der Waals surface area contributed by atoms with E-state index in [0.717, 1.165) is 0 Å². The average molecular weight is 404 g/mol. The molecule has 0 aliphatic carbocycles.